The number of hydrogen-bond acceptors (Lipinski definition) is 5. The maximum absolute atomic E-state index is 13.1. The zero-order chi connectivity index (χ0) is 19.4. The molecule has 4 atom stereocenters. The molecule has 4 aliphatic heterocycles. The number of fused-ring (bicyclic) bond motifs is 1. The van der Waals surface area contributed by atoms with Gasteiger partial charge >= 0.3 is 0 Å². The monoisotopic (exact) mass is 391 g/mol. The zero-order valence-corrected chi connectivity index (χ0v) is 17.3. The van der Waals surface area contributed by atoms with Crippen molar-refractivity contribution in [3.05, 3.63) is 0 Å². The summed E-state index contributed by atoms with van der Waals surface area (Å²) >= 11 is 0. The van der Waals surface area contributed by atoms with Crippen LogP contribution in [0.5, 0.6) is 0 Å². The van der Waals surface area contributed by atoms with Crippen LogP contribution in [0.4, 0.5) is 0 Å². The van der Waals surface area contributed by atoms with Crippen LogP contribution in [0.1, 0.15) is 85.0 Å². The predicted molar refractivity (Wildman–Crippen MR) is 99.5 cm³/mol. The van der Waals surface area contributed by atoms with Gasteiger partial charge in [-0.05, 0) is 89.9 Å². The number of amides is 1. The van der Waals surface area contributed by atoms with Crippen molar-refractivity contribution in [3.63, 3.8) is 0 Å². The maximum atomic E-state index is 13.1. The first-order chi connectivity index (χ1) is 13.2. The molecule has 1 N–H and O–H groups in total. The predicted octanol–water partition coefficient (Wildman–Crippen LogP) is 3.79. The molecule has 4 saturated carbocycles. The van der Waals surface area contributed by atoms with Gasteiger partial charge in [-0.15, -0.1) is 0 Å². The summed E-state index contributed by atoms with van der Waals surface area (Å²) in [6, 6.07) is 0. The third-order valence-electron chi connectivity index (χ3n) is 9.15. The van der Waals surface area contributed by atoms with E-state index in [1.54, 1.807) is 0 Å². The van der Waals surface area contributed by atoms with E-state index in [0.29, 0.717) is 12.8 Å². The van der Waals surface area contributed by atoms with E-state index in [1.165, 1.54) is 38.5 Å². The summed E-state index contributed by atoms with van der Waals surface area (Å²) in [5.41, 5.74) is -0.398. The van der Waals surface area contributed by atoms with Crippen LogP contribution in [-0.4, -0.2) is 28.8 Å². The Labute approximate surface area is 166 Å². The SMILES string of the molecule is CC12CCC3(CCC(=O)NC45CC6CC(CC(C6)C4)C5)[C@@](C)(OO[C@]3(C)O1)O2. The highest BCUT2D eigenvalue weighted by molar-refractivity contribution is 5.77. The highest BCUT2D eigenvalue weighted by atomic mass is 17.3. The molecule has 8 fully saturated rings. The summed E-state index contributed by atoms with van der Waals surface area (Å²) < 4.78 is 12.4. The lowest BCUT2D eigenvalue weighted by atomic mass is 9.53. The van der Waals surface area contributed by atoms with Crippen LogP contribution in [0.15, 0.2) is 0 Å². The Morgan fingerprint density at radius 3 is 1.96 bits per heavy atom. The number of ether oxygens (including phenoxy) is 2. The number of nitrogens with one attached hydrogen (secondary N) is 1. The van der Waals surface area contributed by atoms with Crippen LogP contribution < -0.4 is 5.32 Å². The van der Waals surface area contributed by atoms with Crippen LogP contribution in [0.2, 0.25) is 0 Å². The molecule has 6 heteroatoms. The van der Waals surface area contributed by atoms with Crippen molar-refractivity contribution < 1.29 is 24.0 Å². The summed E-state index contributed by atoms with van der Waals surface area (Å²) in [4.78, 5) is 24.4. The van der Waals surface area contributed by atoms with Crippen LogP contribution in [0, 0.1) is 23.2 Å². The van der Waals surface area contributed by atoms with Gasteiger partial charge in [0.05, 0.1) is 5.41 Å². The summed E-state index contributed by atoms with van der Waals surface area (Å²) in [6.45, 7) is 5.83. The molecule has 0 aromatic rings. The van der Waals surface area contributed by atoms with Gasteiger partial charge in [-0.1, -0.05) is 0 Å². The van der Waals surface area contributed by atoms with Gasteiger partial charge in [0, 0.05) is 18.4 Å². The van der Waals surface area contributed by atoms with E-state index in [9.17, 15) is 4.79 Å². The van der Waals surface area contributed by atoms with Gasteiger partial charge in [0.2, 0.25) is 17.5 Å². The van der Waals surface area contributed by atoms with Gasteiger partial charge in [-0.3, -0.25) is 4.79 Å². The lowest BCUT2D eigenvalue weighted by molar-refractivity contribution is -0.455. The summed E-state index contributed by atoms with van der Waals surface area (Å²) in [7, 11) is 0. The van der Waals surface area contributed by atoms with Gasteiger partial charge in [-0.2, -0.15) is 9.78 Å². The first kappa shape index (κ1) is 18.1. The third-order valence-corrected chi connectivity index (χ3v) is 9.15. The van der Waals surface area contributed by atoms with Gasteiger partial charge in [0.15, 0.2) is 5.79 Å². The minimum absolute atomic E-state index is 0.0635. The Kier molecular flexibility index (Phi) is 3.44. The first-order valence-electron chi connectivity index (χ1n) is 11.2. The second-order valence-corrected chi connectivity index (χ2v) is 11.2. The van der Waals surface area contributed by atoms with Crippen molar-refractivity contribution in [2.45, 2.75) is 108 Å². The molecule has 156 valence electrons. The van der Waals surface area contributed by atoms with E-state index in [0.717, 1.165) is 30.6 Å². The molecule has 1 amide bonds. The van der Waals surface area contributed by atoms with E-state index < -0.39 is 22.8 Å². The van der Waals surface area contributed by atoms with Gasteiger partial charge in [0.1, 0.15) is 0 Å². The number of carbonyl (C=O) groups excluding carboxylic acids is 1. The van der Waals surface area contributed by atoms with Gasteiger partial charge in [0.25, 0.3) is 0 Å². The molecule has 0 spiro atoms. The largest absolute Gasteiger partial charge is 0.351 e. The van der Waals surface area contributed by atoms with Crippen LogP contribution in [0.25, 0.3) is 0 Å². The Morgan fingerprint density at radius 2 is 1.43 bits per heavy atom. The molecule has 28 heavy (non-hydrogen) atoms. The molecule has 8 rings (SSSR count). The normalized spacial score (nSPS) is 58.3. The molecule has 0 aromatic heterocycles. The van der Waals surface area contributed by atoms with Crippen molar-refractivity contribution >= 4 is 5.91 Å². The van der Waals surface area contributed by atoms with E-state index in [-0.39, 0.29) is 11.4 Å². The molecular formula is C22H33NO5. The lowest BCUT2D eigenvalue weighted by Crippen LogP contribution is -2.70. The topological polar surface area (TPSA) is 66.0 Å². The summed E-state index contributed by atoms with van der Waals surface area (Å²) in [6.07, 6.45) is 10.5. The molecular weight excluding hydrogens is 358 g/mol. The maximum Gasteiger partial charge on any atom is 0.220 e. The molecule has 0 aromatic carbocycles. The molecule has 4 saturated heterocycles. The summed E-state index contributed by atoms with van der Waals surface area (Å²) in [5, 5.41) is 3.50. The van der Waals surface area contributed by atoms with Gasteiger partial charge < -0.3 is 14.8 Å². The molecule has 8 aliphatic rings. The molecule has 4 heterocycles. The van der Waals surface area contributed by atoms with Crippen LogP contribution in [0.3, 0.4) is 0 Å². The third kappa shape index (κ3) is 2.26. The Hall–Kier alpha value is -0.690. The molecule has 4 aliphatic carbocycles. The van der Waals surface area contributed by atoms with Crippen molar-refractivity contribution in [3.8, 4) is 0 Å². The fourth-order valence-electron chi connectivity index (χ4n) is 8.33. The quantitative estimate of drug-likeness (QED) is 0.739. The summed E-state index contributed by atoms with van der Waals surface area (Å²) in [5.74, 6) is 0.248. The number of carbonyl (C=O) groups is 1. The van der Waals surface area contributed by atoms with Crippen molar-refractivity contribution in [2.24, 2.45) is 23.2 Å². The van der Waals surface area contributed by atoms with Crippen molar-refractivity contribution in [1.82, 2.24) is 5.32 Å². The van der Waals surface area contributed by atoms with Crippen LogP contribution >= 0.6 is 0 Å². The van der Waals surface area contributed by atoms with E-state index in [4.69, 9.17) is 19.2 Å². The fourth-order valence-corrected chi connectivity index (χ4v) is 8.33. The second kappa shape index (κ2) is 5.32. The first-order valence-corrected chi connectivity index (χ1v) is 11.2. The molecule has 2 unspecified atom stereocenters. The van der Waals surface area contributed by atoms with E-state index in [1.807, 2.05) is 20.8 Å². The van der Waals surface area contributed by atoms with Crippen LogP contribution in [-0.2, 0) is 24.0 Å². The zero-order valence-electron chi connectivity index (χ0n) is 17.3. The average molecular weight is 392 g/mol. The molecule has 6 nitrogen and oxygen atoms in total. The highest BCUT2D eigenvalue weighted by Gasteiger charge is 2.78. The molecule has 8 bridgehead atoms. The second-order valence-electron chi connectivity index (χ2n) is 11.2. The smallest absolute Gasteiger partial charge is 0.220 e. The minimum Gasteiger partial charge on any atom is -0.351 e. The number of hydrogen-bond donors (Lipinski definition) is 1. The Morgan fingerprint density at radius 1 is 0.893 bits per heavy atom. The van der Waals surface area contributed by atoms with Crippen molar-refractivity contribution in [1.29, 1.82) is 0 Å². The minimum atomic E-state index is -0.867. The Balaban J connectivity index is 1.17. The van der Waals surface area contributed by atoms with E-state index >= 15 is 0 Å². The standard InChI is InChI=1S/C22H33NO5/c1-18-6-7-22(19(2,25-18)27-28-20(22,3)26-18)5-4-17(24)23-21-11-14-8-15(12-21)10-16(9-14)13-21/h14-16H,4-13H2,1-3H3,(H,23,24)/t14?,15?,16?,18?,19-,20+,21?,22?. The molecule has 0 radical (unpaired) electrons. The lowest BCUT2D eigenvalue weighted by Gasteiger charge is -2.60. The van der Waals surface area contributed by atoms with Crippen molar-refractivity contribution in [2.75, 3.05) is 0 Å². The fraction of sp³-hybridized carbons (Fsp3) is 0.955. The van der Waals surface area contributed by atoms with E-state index in [2.05, 4.69) is 5.32 Å². The average Bonchev–Trinajstić information content (AvgIpc) is 2.72. The highest BCUT2D eigenvalue weighted by Crippen LogP contribution is 2.68. The Bertz CT molecular complexity index is 666. The number of rotatable bonds is 4. The van der Waals surface area contributed by atoms with Gasteiger partial charge in [-0.25, -0.2) is 0 Å².